The smallest absolute Gasteiger partial charge is 0.246 e. The highest BCUT2D eigenvalue weighted by atomic mass is 79.9. The van der Waals surface area contributed by atoms with Gasteiger partial charge in [-0.1, -0.05) is 22.9 Å². The van der Waals surface area contributed by atoms with Crippen LogP contribution in [0.25, 0.3) is 0 Å². The number of methoxy groups -OCH3 is 1. The Morgan fingerprint density at radius 1 is 1.50 bits per heavy atom. The van der Waals surface area contributed by atoms with E-state index in [1.165, 1.54) is 7.11 Å². The molecule has 1 aliphatic rings. The lowest BCUT2D eigenvalue weighted by molar-refractivity contribution is 0.389. The lowest BCUT2D eigenvalue weighted by Gasteiger charge is -2.31. The number of thioether (sulfide) groups is 1. The molecule has 1 heterocycles. The second-order valence-electron chi connectivity index (χ2n) is 4.56. The first-order valence-electron chi connectivity index (χ1n) is 6.44. The van der Waals surface area contributed by atoms with Crippen molar-refractivity contribution in [2.75, 3.05) is 26.0 Å². The lowest BCUT2D eigenvalue weighted by atomic mass is 10.3. The van der Waals surface area contributed by atoms with E-state index in [-0.39, 0.29) is 4.90 Å². The zero-order valence-corrected chi connectivity index (χ0v) is 14.7. The van der Waals surface area contributed by atoms with Crippen LogP contribution in [0, 0.1) is 0 Å². The maximum Gasteiger partial charge on any atom is 0.246 e. The molecular weight excluding hydrogens is 362 g/mol. The molecule has 0 radical (unpaired) electrons. The van der Waals surface area contributed by atoms with Crippen molar-refractivity contribution in [2.45, 2.75) is 23.5 Å². The van der Waals surface area contributed by atoms with Crippen molar-refractivity contribution in [3.05, 3.63) is 22.7 Å². The molecular formula is C13H18BrNO3S2. The van der Waals surface area contributed by atoms with Gasteiger partial charge in [0.15, 0.2) is 0 Å². The van der Waals surface area contributed by atoms with Crippen LogP contribution in [0.3, 0.4) is 0 Å². The number of sulfonamides is 1. The van der Waals surface area contributed by atoms with Gasteiger partial charge in [0.25, 0.3) is 0 Å². The van der Waals surface area contributed by atoms with Crippen LogP contribution in [-0.2, 0) is 10.0 Å². The molecule has 0 spiro atoms. The zero-order valence-electron chi connectivity index (χ0n) is 11.5. The molecule has 1 atom stereocenters. The van der Waals surface area contributed by atoms with Crippen LogP contribution >= 0.6 is 27.7 Å². The molecule has 1 aliphatic heterocycles. The fourth-order valence-corrected chi connectivity index (χ4v) is 5.72. The van der Waals surface area contributed by atoms with Gasteiger partial charge in [-0.05, 0) is 24.6 Å². The van der Waals surface area contributed by atoms with Crippen LogP contribution in [0.5, 0.6) is 5.75 Å². The summed E-state index contributed by atoms with van der Waals surface area (Å²) in [5, 5.41) is 0.372. The van der Waals surface area contributed by atoms with Crippen LogP contribution in [0.2, 0.25) is 0 Å². The van der Waals surface area contributed by atoms with E-state index in [2.05, 4.69) is 22.9 Å². The Labute approximate surface area is 133 Å². The molecule has 0 aromatic heterocycles. The summed E-state index contributed by atoms with van der Waals surface area (Å²) < 4.78 is 33.1. The molecule has 0 bridgehead atoms. The molecule has 2 rings (SSSR count). The van der Waals surface area contributed by atoms with E-state index in [1.54, 1.807) is 22.5 Å². The SMILES string of the molecule is CCC1CN(S(=O)(=O)c2cc(Br)ccc2OC)CCS1. The fraction of sp³-hybridized carbons (Fsp3) is 0.538. The van der Waals surface area contributed by atoms with Gasteiger partial charge >= 0.3 is 0 Å². The molecule has 1 aromatic rings. The monoisotopic (exact) mass is 379 g/mol. The average Bonchev–Trinajstić information content (AvgIpc) is 2.47. The van der Waals surface area contributed by atoms with Crippen LogP contribution in [0.4, 0.5) is 0 Å². The largest absolute Gasteiger partial charge is 0.495 e. The Balaban J connectivity index is 2.37. The van der Waals surface area contributed by atoms with Gasteiger partial charge in [-0.25, -0.2) is 8.42 Å². The topological polar surface area (TPSA) is 46.6 Å². The van der Waals surface area contributed by atoms with Gasteiger partial charge in [0.05, 0.1) is 7.11 Å². The molecule has 20 heavy (non-hydrogen) atoms. The van der Waals surface area contributed by atoms with Crippen LogP contribution < -0.4 is 4.74 Å². The summed E-state index contributed by atoms with van der Waals surface area (Å²) in [7, 11) is -2.02. The molecule has 1 unspecified atom stereocenters. The first-order chi connectivity index (χ1) is 9.48. The van der Waals surface area contributed by atoms with E-state index in [4.69, 9.17) is 4.74 Å². The van der Waals surface area contributed by atoms with Crippen molar-refractivity contribution in [3.63, 3.8) is 0 Å². The minimum atomic E-state index is -3.51. The zero-order chi connectivity index (χ0) is 14.8. The minimum Gasteiger partial charge on any atom is -0.495 e. The van der Waals surface area contributed by atoms with Crippen LogP contribution in [-0.4, -0.2) is 43.9 Å². The molecule has 1 saturated heterocycles. The average molecular weight is 380 g/mol. The Kier molecular flexibility index (Phi) is 5.39. The molecule has 0 saturated carbocycles. The van der Waals surface area contributed by atoms with Crippen molar-refractivity contribution >= 4 is 37.7 Å². The van der Waals surface area contributed by atoms with Crippen LogP contribution in [0.1, 0.15) is 13.3 Å². The number of halogens is 1. The van der Waals surface area contributed by atoms with Crippen molar-refractivity contribution in [1.82, 2.24) is 4.31 Å². The molecule has 1 fully saturated rings. The van der Waals surface area contributed by atoms with Crippen molar-refractivity contribution in [2.24, 2.45) is 0 Å². The summed E-state index contributed by atoms with van der Waals surface area (Å²) in [6, 6.07) is 5.06. The lowest BCUT2D eigenvalue weighted by Crippen LogP contribution is -2.41. The summed E-state index contributed by atoms with van der Waals surface area (Å²) in [5.41, 5.74) is 0. The third kappa shape index (κ3) is 3.32. The van der Waals surface area contributed by atoms with Gasteiger partial charge in [-0.3, -0.25) is 0 Å². The van der Waals surface area contributed by atoms with E-state index in [1.807, 2.05) is 11.8 Å². The van der Waals surface area contributed by atoms with Crippen LogP contribution in [0.15, 0.2) is 27.6 Å². The van der Waals surface area contributed by atoms with E-state index >= 15 is 0 Å². The maximum absolute atomic E-state index is 12.8. The van der Waals surface area contributed by atoms with E-state index in [0.717, 1.165) is 16.6 Å². The van der Waals surface area contributed by atoms with E-state index in [9.17, 15) is 8.42 Å². The van der Waals surface area contributed by atoms with Gasteiger partial charge in [0.2, 0.25) is 10.0 Å². The molecule has 112 valence electrons. The van der Waals surface area contributed by atoms with Crippen molar-refractivity contribution < 1.29 is 13.2 Å². The van der Waals surface area contributed by atoms with Gasteiger partial charge in [0.1, 0.15) is 10.6 Å². The first-order valence-corrected chi connectivity index (χ1v) is 9.72. The third-order valence-corrected chi connectivity index (χ3v) is 7.05. The number of nitrogens with zero attached hydrogens (tertiary/aromatic N) is 1. The maximum atomic E-state index is 12.8. The van der Waals surface area contributed by atoms with E-state index < -0.39 is 10.0 Å². The van der Waals surface area contributed by atoms with Gasteiger partial charge in [0, 0.05) is 28.6 Å². The molecule has 0 aliphatic carbocycles. The normalized spacial score (nSPS) is 20.9. The van der Waals surface area contributed by atoms with Gasteiger partial charge in [-0.15, -0.1) is 0 Å². The number of ether oxygens (including phenoxy) is 1. The number of rotatable bonds is 4. The summed E-state index contributed by atoms with van der Waals surface area (Å²) in [4.78, 5) is 0.233. The number of hydrogen-bond acceptors (Lipinski definition) is 4. The number of hydrogen-bond donors (Lipinski definition) is 0. The summed E-state index contributed by atoms with van der Waals surface area (Å²) in [6.07, 6.45) is 0.978. The molecule has 0 N–H and O–H groups in total. The number of benzene rings is 1. The highest BCUT2D eigenvalue weighted by Gasteiger charge is 2.32. The second kappa shape index (κ2) is 6.68. The van der Waals surface area contributed by atoms with Crippen molar-refractivity contribution in [3.8, 4) is 5.75 Å². The molecule has 1 aromatic carbocycles. The predicted molar refractivity (Wildman–Crippen MR) is 86.0 cm³/mol. The quantitative estimate of drug-likeness (QED) is 0.806. The molecule has 4 nitrogen and oxygen atoms in total. The third-order valence-electron chi connectivity index (χ3n) is 3.30. The Bertz CT molecular complexity index is 577. The summed E-state index contributed by atoms with van der Waals surface area (Å²) in [5.74, 6) is 1.23. The summed E-state index contributed by atoms with van der Waals surface area (Å²) >= 11 is 5.17. The summed E-state index contributed by atoms with van der Waals surface area (Å²) in [6.45, 7) is 3.21. The Hall–Kier alpha value is -0.240. The highest BCUT2D eigenvalue weighted by molar-refractivity contribution is 9.10. The minimum absolute atomic E-state index is 0.233. The van der Waals surface area contributed by atoms with Crippen molar-refractivity contribution in [1.29, 1.82) is 0 Å². The second-order valence-corrected chi connectivity index (χ2v) is 8.79. The first kappa shape index (κ1) is 16.1. The predicted octanol–water partition coefficient (Wildman–Crippen LogP) is 2.97. The Morgan fingerprint density at radius 3 is 2.90 bits per heavy atom. The Morgan fingerprint density at radius 2 is 2.25 bits per heavy atom. The fourth-order valence-electron chi connectivity index (χ4n) is 2.15. The standard InChI is InChI=1S/C13H18BrNO3S2/c1-3-11-9-15(6-7-19-11)20(16,17)13-8-10(14)4-5-12(13)18-2/h4-5,8,11H,3,6-7,9H2,1-2H3. The van der Waals surface area contributed by atoms with Gasteiger partial charge in [-0.2, -0.15) is 16.1 Å². The molecule has 0 amide bonds. The van der Waals surface area contributed by atoms with Gasteiger partial charge < -0.3 is 4.74 Å². The molecule has 7 heteroatoms. The highest BCUT2D eigenvalue weighted by Crippen LogP contribution is 2.32. The van der Waals surface area contributed by atoms with E-state index in [0.29, 0.717) is 24.1 Å².